The van der Waals surface area contributed by atoms with E-state index in [9.17, 15) is 4.39 Å². The molecule has 0 amide bonds. The molecule has 1 heterocycles. The predicted molar refractivity (Wildman–Crippen MR) is 69.5 cm³/mol. The van der Waals surface area contributed by atoms with E-state index >= 15 is 0 Å². The Hall–Kier alpha value is -0.800. The van der Waals surface area contributed by atoms with Gasteiger partial charge in [0.15, 0.2) is 0 Å². The van der Waals surface area contributed by atoms with Crippen LogP contribution in [0, 0.1) is 11.7 Å². The fourth-order valence-electron chi connectivity index (χ4n) is 2.32. The van der Waals surface area contributed by atoms with Gasteiger partial charge in [-0.15, -0.1) is 12.4 Å². The van der Waals surface area contributed by atoms with Crippen molar-refractivity contribution >= 4 is 12.4 Å². The minimum Gasteiger partial charge on any atom is -0.496 e. The largest absolute Gasteiger partial charge is 0.496 e. The summed E-state index contributed by atoms with van der Waals surface area (Å²) in [5.41, 5.74) is 0.983. The fraction of sp³-hybridized carbons (Fsp3) is 0.538. The molecule has 1 aliphatic heterocycles. The van der Waals surface area contributed by atoms with Crippen molar-refractivity contribution in [3.8, 4) is 5.75 Å². The summed E-state index contributed by atoms with van der Waals surface area (Å²) in [6, 6.07) is 4.75. The SMILES string of the molecule is COc1ccc(F)cc1CC1CCCNC1.Cl. The maximum atomic E-state index is 13.2. The van der Waals surface area contributed by atoms with E-state index in [2.05, 4.69) is 5.32 Å². The van der Waals surface area contributed by atoms with Crippen molar-refractivity contribution in [2.45, 2.75) is 19.3 Å². The van der Waals surface area contributed by atoms with Crippen LogP contribution >= 0.6 is 12.4 Å². The zero-order chi connectivity index (χ0) is 11.4. The van der Waals surface area contributed by atoms with E-state index in [-0.39, 0.29) is 18.2 Å². The van der Waals surface area contributed by atoms with E-state index in [0.717, 1.165) is 30.8 Å². The highest BCUT2D eigenvalue weighted by Crippen LogP contribution is 2.24. The van der Waals surface area contributed by atoms with E-state index in [0.29, 0.717) is 5.92 Å². The molecule has 0 radical (unpaired) electrons. The molecular weight excluding hydrogens is 241 g/mol. The van der Waals surface area contributed by atoms with Crippen LogP contribution in [0.2, 0.25) is 0 Å². The first kappa shape index (κ1) is 14.3. The first-order valence-electron chi connectivity index (χ1n) is 5.82. The van der Waals surface area contributed by atoms with Gasteiger partial charge in [-0.25, -0.2) is 4.39 Å². The van der Waals surface area contributed by atoms with Crippen molar-refractivity contribution in [2.24, 2.45) is 5.92 Å². The molecule has 4 heteroatoms. The second-order valence-electron chi connectivity index (χ2n) is 4.37. The molecule has 1 fully saturated rings. The zero-order valence-electron chi connectivity index (χ0n) is 10.0. The molecule has 0 bridgehead atoms. The van der Waals surface area contributed by atoms with Crippen molar-refractivity contribution < 1.29 is 9.13 Å². The summed E-state index contributed by atoms with van der Waals surface area (Å²) in [5, 5.41) is 3.37. The van der Waals surface area contributed by atoms with E-state index in [1.807, 2.05) is 0 Å². The minimum absolute atomic E-state index is 0. The normalized spacial score (nSPS) is 19.5. The summed E-state index contributed by atoms with van der Waals surface area (Å²) in [7, 11) is 1.63. The molecule has 2 nitrogen and oxygen atoms in total. The van der Waals surface area contributed by atoms with Gasteiger partial charge < -0.3 is 10.1 Å². The molecule has 1 saturated heterocycles. The first-order chi connectivity index (χ1) is 7.79. The Labute approximate surface area is 108 Å². The highest BCUT2D eigenvalue weighted by molar-refractivity contribution is 5.85. The summed E-state index contributed by atoms with van der Waals surface area (Å²) in [5.74, 6) is 1.22. The van der Waals surface area contributed by atoms with Crippen LogP contribution in [0.5, 0.6) is 5.75 Å². The summed E-state index contributed by atoms with van der Waals surface area (Å²) >= 11 is 0. The Bertz CT molecular complexity index is 353. The lowest BCUT2D eigenvalue weighted by Crippen LogP contribution is -2.30. The third-order valence-corrected chi connectivity index (χ3v) is 3.15. The number of hydrogen-bond donors (Lipinski definition) is 1. The van der Waals surface area contributed by atoms with E-state index in [1.54, 1.807) is 19.2 Å². The Balaban J connectivity index is 0.00000144. The molecule has 1 aromatic carbocycles. The second-order valence-corrected chi connectivity index (χ2v) is 4.37. The van der Waals surface area contributed by atoms with Crippen LogP contribution in [0.4, 0.5) is 4.39 Å². The average molecular weight is 260 g/mol. The molecule has 1 atom stereocenters. The molecule has 2 rings (SSSR count). The zero-order valence-corrected chi connectivity index (χ0v) is 10.9. The quantitative estimate of drug-likeness (QED) is 0.901. The number of piperidine rings is 1. The lowest BCUT2D eigenvalue weighted by atomic mass is 9.92. The van der Waals surface area contributed by atoms with Crippen molar-refractivity contribution in [1.29, 1.82) is 0 Å². The van der Waals surface area contributed by atoms with Gasteiger partial charge in [0.2, 0.25) is 0 Å². The van der Waals surface area contributed by atoms with Gasteiger partial charge >= 0.3 is 0 Å². The molecule has 96 valence electrons. The number of methoxy groups -OCH3 is 1. The second kappa shape index (κ2) is 6.82. The molecular formula is C13H19ClFNO. The highest BCUT2D eigenvalue weighted by Gasteiger charge is 2.16. The van der Waals surface area contributed by atoms with Gasteiger partial charge in [0.05, 0.1) is 7.11 Å². The van der Waals surface area contributed by atoms with Crippen LogP contribution in [0.15, 0.2) is 18.2 Å². The van der Waals surface area contributed by atoms with Crippen LogP contribution in [0.1, 0.15) is 18.4 Å². The van der Waals surface area contributed by atoms with Gasteiger partial charge in [-0.05, 0) is 62.0 Å². The summed E-state index contributed by atoms with van der Waals surface area (Å²) in [6.07, 6.45) is 3.32. The molecule has 1 N–H and O–H groups in total. The molecule has 0 saturated carbocycles. The third-order valence-electron chi connectivity index (χ3n) is 3.15. The number of ether oxygens (including phenoxy) is 1. The van der Waals surface area contributed by atoms with Crippen LogP contribution in [0.3, 0.4) is 0 Å². The lowest BCUT2D eigenvalue weighted by molar-refractivity contribution is 0.363. The Kier molecular flexibility index (Phi) is 5.72. The molecule has 0 spiro atoms. The van der Waals surface area contributed by atoms with Gasteiger partial charge in [-0.2, -0.15) is 0 Å². The van der Waals surface area contributed by atoms with E-state index in [4.69, 9.17) is 4.74 Å². The Morgan fingerprint density at radius 3 is 2.94 bits per heavy atom. The lowest BCUT2D eigenvalue weighted by Gasteiger charge is -2.23. The maximum Gasteiger partial charge on any atom is 0.123 e. The molecule has 0 aliphatic carbocycles. The number of benzene rings is 1. The maximum absolute atomic E-state index is 13.2. The first-order valence-corrected chi connectivity index (χ1v) is 5.82. The number of rotatable bonds is 3. The minimum atomic E-state index is -0.181. The topological polar surface area (TPSA) is 21.3 Å². The summed E-state index contributed by atoms with van der Waals surface area (Å²) in [4.78, 5) is 0. The fourth-order valence-corrected chi connectivity index (χ4v) is 2.32. The number of hydrogen-bond acceptors (Lipinski definition) is 2. The monoisotopic (exact) mass is 259 g/mol. The van der Waals surface area contributed by atoms with Gasteiger partial charge in [-0.3, -0.25) is 0 Å². The molecule has 0 aromatic heterocycles. The van der Waals surface area contributed by atoms with Crippen LogP contribution in [-0.2, 0) is 6.42 Å². The predicted octanol–water partition coefficient (Wildman–Crippen LogP) is 2.80. The smallest absolute Gasteiger partial charge is 0.123 e. The summed E-state index contributed by atoms with van der Waals surface area (Å²) in [6.45, 7) is 2.14. The van der Waals surface area contributed by atoms with E-state index in [1.165, 1.54) is 18.9 Å². The number of halogens is 2. The molecule has 1 aliphatic rings. The molecule has 1 aromatic rings. The average Bonchev–Trinajstić information content (AvgIpc) is 2.31. The van der Waals surface area contributed by atoms with Crippen molar-refractivity contribution in [1.82, 2.24) is 5.32 Å². The van der Waals surface area contributed by atoms with Crippen LogP contribution in [0.25, 0.3) is 0 Å². The van der Waals surface area contributed by atoms with Crippen molar-refractivity contribution in [3.05, 3.63) is 29.6 Å². The van der Waals surface area contributed by atoms with Crippen molar-refractivity contribution in [2.75, 3.05) is 20.2 Å². The Morgan fingerprint density at radius 1 is 1.47 bits per heavy atom. The van der Waals surface area contributed by atoms with Gasteiger partial charge in [0, 0.05) is 0 Å². The van der Waals surface area contributed by atoms with Crippen LogP contribution in [-0.4, -0.2) is 20.2 Å². The van der Waals surface area contributed by atoms with E-state index < -0.39 is 0 Å². The van der Waals surface area contributed by atoms with Crippen molar-refractivity contribution in [3.63, 3.8) is 0 Å². The molecule has 1 unspecified atom stereocenters. The standard InChI is InChI=1S/C13H18FNO.ClH/c1-16-13-5-4-12(14)8-11(13)7-10-3-2-6-15-9-10;/h4-5,8,10,15H,2-3,6-7,9H2,1H3;1H. The summed E-state index contributed by atoms with van der Waals surface area (Å²) < 4.78 is 18.4. The van der Waals surface area contributed by atoms with Crippen LogP contribution < -0.4 is 10.1 Å². The molecule has 17 heavy (non-hydrogen) atoms. The van der Waals surface area contributed by atoms with Gasteiger partial charge in [0.1, 0.15) is 11.6 Å². The number of nitrogens with one attached hydrogen (secondary N) is 1. The Morgan fingerprint density at radius 2 is 2.29 bits per heavy atom. The third kappa shape index (κ3) is 3.86. The van der Waals surface area contributed by atoms with Gasteiger partial charge in [0.25, 0.3) is 0 Å². The van der Waals surface area contributed by atoms with Gasteiger partial charge in [-0.1, -0.05) is 0 Å². The highest BCUT2D eigenvalue weighted by atomic mass is 35.5.